The third kappa shape index (κ3) is 16.3. The van der Waals surface area contributed by atoms with Crippen LogP contribution < -0.4 is 4.74 Å². The molecule has 0 N–H and O–H groups in total. The minimum atomic E-state index is 0.0417. The first kappa shape index (κ1) is 24.9. The molecule has 1 rings (SSSR count). The van der Waals surface area contributed by atoms with Crippen molar-refractivity contribution in [3.05, 3.63) is 40.8 Å². The van der Waals surface area contributed by atoms with Gasteiger partial charge in [0.15, 0.2) is 0 Å². The van der Waals surface area contributed by atoms with E-state index in [0.29, 0.717) is 30.1 Å². The van der Waals surface area contributed by atoms with E-state index in [9.17, 15) is 14.5 Å². The van der Waals surface area contributed by atoms with Gasteiger partial charge in [-0.25, -0.2) is 0 Å². The summed E-state index contributed by atoms with van der Waals surface area (Å²) in [5.74, 6) is 0.396. The van der Waals surface area contributed by atoms with Gasteiger partial charge in [-0.15, -0.1) is 4.91 Å². The van der Waals surface area contributed by atoms with E-state index < -0.39 is 0 Å². The van der Waals surface area contributed by atoms with E-state index in [2.05, 4.69) is 14.7 Å². The number of aldehydes is 1. The fourth-order valence-corrected chi connectivity index (χ4v) is 0.993. The van der Waals surface area contributed by atoms with Crippen LogP contribution in [0.2, 0.25) is 0 Å². The van der Waals surface area contributed by atoms with Gasteiger partial charge in [-0.05, 0) is 57.1 Å². The van der Waals surface area contributed by atoms with Crippen LogP contribution in [0.25, 0.3) is 0 Å². The molecule has 0 spiro atoms. The number of benzene rings is 1. The Bertz CT molecular complexity index is 517. The molecular formula is C18H27NO6. The molecule has 0 atom stereocenters. The standard InChI is InChI=1S/C7H5NO3.C6H10O2.C5H12O/c9-5-11-7-3-1-6(8-10)2-4-7;1-3-6(4-7)5-8-2;1-5(2,3)6-4/h1-5H;3-4H,5H2,1-2H3;1-4H3/b;6-3-;. The molecule has 0 unspecified atom stereocenters. The summed E-state index contributed by atoms with van der Waals surface area (Å²) < 4.78 is 14.1. The van der Waals surface area contributed by atoms with E-state index in [1.165, 1.54) is 24.3 Å². The number of ether oxygens (including phenoxy) is 3. The number of methoxy groups -OCH3 is 2. The fraction of sp³-hybridized carbons (Fsp3) is 0.444. The maximum atomic E-state index is 9.98. The maximum absolute atomic E-state index is 9.98. The van der Waals surface area contributed by atoms with E-state index >= 15 is 0 Å². The Balaban J connectivity index is 0. The molecule has 7 nitrogen and oxygen atoms in total. The highest BCUT2D eigenvalue weighted by Gasteiger charge is 2.04. The lowest BCUT2D eigenvalue weighted by molar-refractivity contribution is -0.120. The molecule has 25 heavy (non-hydrogen) atoms. The molecule has 140 valence electrons. The van der Waals surface area contributed by atoms with Crippen LogP contribution in [0.4, 0.5) is 5.69 Å². The third-order valence-corrected chi connectivity index (χ3v) is 2.57. The van der Waals surface area contributed by atoms with Gasteiger partial charge in [-0.1, -0.05) is 6.08 Å². The van der Waals surface area contributed by atoms with E-state index in [4.69, 9.17) is 4.74 Å². The molecule has 0 amide bonds. The average molecular weight is 353 g/mol. The molecule has 0 aromatic heterocycles. The van der Waals surface area contributed by atoms with Gasteiger partial charge in [0, 0.05) is 19.8 Å². The lowest BCUT2D eigenvalue weighted by Crippen LogP contribution is -2.15. The van der Waals surface area contributed by atoms with E-state index in [1.54, 1.807) is 20.3 Å². The zero-order chi connectivity index (χ0) is 19.7. The summed E-state index contributed by atoms with van der Waals surface area (Å²) in [4.78, 5) is 29.7. The molecule has 0 saturated carbocycles. The van der Waals surface area contributed by atoms with Crippen molar-refractivity contribution in [1.82, 2.24) is 0 Å². The number of allylic oxidation sites excluding steroid dienone is 1. The Labute approximate surface area is 148 Å². The third-order valence-electron chi connectivity index (χ3n) is 2.57. The van der Waals surface area contributed by atoms with Gasteiger partial charge in [-0.3, -0.25) is 9.59 Å². The van der Waals surface area contributed by atoms with Crippen molar-refractivity contribution in [2.24, 2.45) is 5.18 Å². The summed E-state index contributed by atoms with van der Waals surface area (Å²) in [6, 6.07) is 5.91. The zero-order valence-electron chi connectivity index (χ0n) is 15.6. The van der Waals surface area contributed by atoms with Crippen LogP contribution >= 0.6 is 0 Å². The van der Waals surface area contributed by atoms with Crippen molar-refractivity contribution < 1.29 is 23.8 Å². The van der Waals surface area contributed by atoms with Gasteiger partial charge < -0.3 is 14.2 Å². The summed E-state index contributed by atoms with van der Waals surface area (Å²) in [5, 5.41) is 2.68. The van der Waals surface area contributed by atoms with Crippen molar-refractivity contribution in [2.45, 2.75) is 33.3 Å². The average Bonchev–Trinajstić information content (AvgIpc) is 2.61. The summed E-state index contributed by atoms with van der Waals surface area (Å²) in [7, 11) is 3.27. The smallest absolute Gasteiger partial charge is 0.298 e. The second-order valence-corrected chi connectivity index (χ2v) is 5.53. The van der Waals surface area contributed by atoms with E-state index in [0.717, 1.165) is 6.29 Å². The first-order valence-electron chi connectivity index (χ1n) is 7.46. The van der Waals surface area contributed by atoms with Gasteiger partial charge in [-0.2, -0.15) is 0 Å². The van der Waals surface area contributed by atoms with Crippen LogP contribution in [0.3, 0.4) is 0 Å². The predicted octanol–water partition coefficient (Wildman–Crippen LogP) is 3.83. The first-order valence-corrected chi connectivity index (χ1v) is 7.46. The molecule has 1 aromatic carbocycles. The second-order valence-electron chi connectivity index (χ2n) is 5.53. The highest BCUT2D eigenvalue weighted by molar-refractivity contribution is 5.73. The van der Waals surface area contributed by atoms with Crippen molar-refractivity contribution >= 4 is 18.4 Å². The van der Waals surface area contributed by atoms with Gasteiger partial charge in [0.2, 0.25) is 0 Å². The number of rotatable bonds is 6. The number of hydrogen-bond acceptors (Lipinski definition) is 7. The minimum Gasteiger partial charge on any atom is -0.429 e. The summed E-state index contributed by atoms with van der Waals surface area (Å²) in [5.41, 5.74) is 1.04. The lowest BCUT2D eigenvalue weighted by atomic mass is 10.2. The van der Waals surface area contributed by atoms with Crippen LogP contribution in [0.5, 0.6) is 5.75 Å². The number of nitroso groups, excluding NO2 is 1. The molecule has 0 aliphatic rings. The molecule has 0 aliphatic heterocycles. The van der Waals surface area contributed by atoms with Crippen LogP contribution in [0.15, 0.2) is 41.1 Å². The molecular weight excluding hydrogens is 326 g/mol. The van der Waals surface area contributed by atoms with Gasteiger partial charge in [0.25, 0.3) is 6.47 Å². The number of nitrogens with zero attached hydrogens (tertiary/aromatic N) is 1. The van der Waals surface area contributed by atoms with Gasteiger partial charge >= 0.3 is 0 Å². The summed E-state index contributed by atoms with van der Waals surface area (Å²) >= 11 is 0. The zero-order valence-corrected chi connectivity index (χ0v) is 15.6. The Kier molecular flexibility index (Phi) is 15.1. The largest absolute Gasteiger partial charge is 0.429 e. The molecule has 0 aliphatic carbocycles. The summed E-state index contributed by atoms with van der Waals surface area (Å²) in [6.45, 7) is 8.61. The molecule has 0 saturated heterocycles. The van der Waals surface area contributed by atoms with E-state index in [-0.39, 0.29) is 5.60 Å². The Hall–Kier alpha value is -2.38. The fourth-order valence-electron chi connectivity index (χ4n) is 0.993. The highest BCUT2D eigenvalue weighted by Crippen LogP contribution is 2.16. The monoisotopic (exact) mass is 353 g/mol. The molecule has 0 heterocycles. The maximum Gasteiger partial charge on any atom is 0.298 e. The van der Waals surface area contributed by atoms with E-state index in [1.807, 2.05) is 27.7 Å². The molecule has 0 bridgehead atoms. The van der Waals surface area contributed by atoms with Crippen molar-refractivity contribution in [3.8, 4) is 5.75 Å². The lowest BCUT2D eigenvalue weighted by Gasteiger charge is -2.14. The first-order chi connectivity index (χ1) is 11.8. The molecule has 7 heteroatoms. The Morgan fingerprint density at radius 3 is 1.88 bits per heavy atom. The number of carbonyl (C=O) groups is 2. The molecule has 0 radical (unpaired) electrons. The number of carbonyl (C=O) groups excluding carboxylic acids is 2. The van der Waals surface area contributed by atoms with Gasteiger partial charge in [0.1, 0.15) is 17.7 Å². The minimum absolute atomic E-state index is 0.0417. The Morgan fingerprint density at radius 2 is 1.64 bits per heavy atom. The second kappa shape index (κ2) is 15.2. The topological polar surface area (TPSA) is 91.3 Å². The van der Waals surface area contributed by atoms with Crippen LogP contribution in [0.1, 0.15) is 27.7 Å². The predicted molar refractivity (Wildman–Crippen MR) is 97.0 cm³/mol. The molecule has 0 fully saturated rings. The highest BCUT2D eigenvalue weighted by atomic mass is 16.5. The summed E-state index contributed by atoms with van der Waals surface area (Å²) in [6.07, 6.45) is 2.53. The van der Waals surface area contributed by atoms with Crippen molar-refractivity contribution in [1.29, 1.82) is 0 Å². The van der Waals surface area contributed by atoms with Gasteiger partial charge in [0.05, 0.1) is 12.2 Å². The van der Waals surface area contributed by atoms with Crippen molar-refractivity contribution in [3.63, 3.8) is 0 Å². The Morgan fingerprint density at radius 1 is 1.12 bits per heavy atom. The quantitative estimate of drug-likeness (QED) is 0.438. The number of hydrogen-bond donors (Lipinski definition) is 0. The van der Waals surface area contributed by atoms with Crippen molar-refractivity contribution in [2.75, 3.05) is 20.8 Å². The van der Waals surface area contributed by atoms with Crippen LogP contribution in [-0.2, 0) is 19.1 Å². The SMILES string of the molecule is C/C=C(/C=O)COC.COC(C)(C)C.O=COc1ccc(N=O)cc1. The molecule has 1 aromatic rings. The normalized spacial score (nSPS) is 10.4. The van der Waals surface area contributed by atoms with Crippen LogP contribution in [0, 0.1) is 4.91 Å². The van der Waals surface area contributed by atoms with Crippen LogP contribution in [-0.4, -0.2) is 39.2 Å².